The Bertz CT molecular complexity index is 1080. The Labute approximate surface area is 199 Å². The van der Waals surface area contributed by atoms with Gasteiger partial charge in [0.15, 0.2) is 0 Å². The van der Waals surface area contributed by atoms with Gasteiger partial charge in [-0.05, 0) is 43.1 Å². The van der Waals surface area contributed by atoms with Gasteiger partial charge in [0.1, 0.15) is 5.82 Å². The zero-order valence-electron chi connectivity index (χ0n) is 19.3. The summed E-state index contributed by atoms with van der Waals surface area (Å²) >= 11 is 1.71. The maximum absolute atomic E-state index is 13.1. The molecule has 1 amide bonds. The van der Waals surface area contributed by atoms with Crippen LogP contribution in [0.1, 0.15) is 16.1 Å². The van der Waals surface area contributed by atoms with Crippen LogP contribution in [0.2, 0.25) is 0 Å². The summed E-state index contributed by atoms with van der Waals surface area (Å²) in [5.41, 5.74) is 2.88. The van der Waals surface area contributed by atoms with Gasteiger partial charge in [0, 0.05) is 74.6 Å². The fourth-order valence-electron chi connectivity index (χ4n) is 4.39. The Morgan fingerprint density at radius 2 is 1.58 bits per heavy atom. The molecule has 172 valence electrons. The highest BCUT2D eigenvalue weighted by atomic mass is 32.1. The van der Waals surface area contributed by atoms with Crippen LogP contribution in [0.4, 0.5) is 11.8 Å². The van der Waals surface area contributed by atoms with Crippen LogP contribution < -0.4 is 9.80 Å². The third kappa shape index (κ3) is 4.86. The molecule has 4 heterocycles. The summed E-state index contributed by atoms with van der Waals surface area (Å²) in [6.07, 6.45) is 0. The van der Waals surface area contributed by atoms with Gasteiger partial charge in [-0.1, -0.05) is 18.2 Å². The average Bonchev–Trinajstić information content (AvgIpc) is 3.39. The van der Waals surface area contributed by atoms with Gasteiger partial charge in [0.2, 0.25) is 5.95 Å². The van der Waals surface area contributed by atoms with Gasteiger partial charge in [0.25, 0.3) is 5.91 Å². The van der Waals surface area contributed by atoms with Crippen LogP contribution in [-0.4, -0.2) is 85.1 Å². The van der Waals surface area contributed by atoms with Gasteiger partial charge in [-0.2, -0.15) is 4.98 Å². The van der Waals surface area contributed by atoms with E-state index in [1.54, 1.807) is 11.3 Å². The van der Waals surface area contributed by atoms with Crippen LogP contribution >= 0.6 is 11.3 Å². The van der Waals surface area contributed by atoms with Crippen molar-refractivity contribution in [2.75, 3.05) is 69.2 Å². The Kier molecular flexibility index (Phi) is 6.28. The SMILES string of the molecule is Cc1cc(N2CCN(C)CC2)nc(N2CCN(C(=O)c3ccc(-c4cccs4)cc3)CC2)n1. The minimum Gasteiger partial charge on any atom is -0.354 e. The molecule has 33 heavy (non-hydrogen) atoms. The number of thiophene rings is 1. The second kappa shape index (κ2) is 9.49. The number of anilines is 2. The lowest BCUT2D eigenvalue weighted by Crippen LogP contribution is -2.49. The summed E-state index contributed by atoms with van der Waals surface area (Å²) < 4.78 is 0. The number of hydrogen-bond acceptors (Lipinski definition) is 7. The van der Waals surface area contributed by atoms with Crippen LogP contribution in [0.25, 0.3) is 10.4 Å². The maximum Gasteiger partial charge on any atom is 0.253 e. The number of aryl methyl sites for hydroxylation is 1. The largest absolute Gasteiger partial charge is 0.354 e. The van der Waals surface area contributed by atoms with Crippen LogP contribution in [0.15, 0.2) is 47.8 Å². The Morgan fingerprint density at radius 3 is 2.24 bits per heavy atom. The van der Waals surface area contributed by atoms with Crippen molar-refractivity contribution in [3.05, 3.63) is 59.1 Å². The third-order valence-electron chi connectivity index (χ3n) is 6.44. The van der Waals surface area contributed by atoms with Crippen molar-refractivity contribution in [1.29, 1.82) is 0 Å². The molecule has 0 N–H and O–H groups in total. The second-order valence-electron chi connectivity index (χ2n) is 8.79. The molecule has 2 fully saturated rings. The van der Waals surface area contributed by atoms with Crippen LogP contribution in [0, 0.1) is 6.92 Å². The number of nitrogens with zero attached hydrogens (tertiary/aromatic N) is 6. The monoisotopic (exact) mass is 462 g/mol. The predicted molar refractivity (Wildman–Crippen MR) is 134 cm³/mol. The molecular weight excluding hydrogens is 432 g/mol. The van der Waals surface area contributed by atoms with Crippen molar-refractivity contribution in [3.8, 4) is 10.4 Å². The molecule has 2 saturated heterocycles. The van der Waals surface area contributed by atoms with E-state index in [9.17, 15) is 4.79 Å². The van der Waals surface area contributed by atoms with Gasteiger partial charge in [-0.15, -0.1) is 11.3 Å². The maximum atomic E-state index is 13.1. The van der Waals surface area contributed by atoms with Crippen molar-refractivity contribution in [3.63, 3.8) is 0 Å². The topological polar surface area (TPSA) is 55.8 Å². The summed E-state index contributed by atoms with van der Waals surface area (Å²) in [5, 5.41) is 2.07. The third-order valence-corrected chi connectivity index (χ3v) is 7.36. The lowest BCUT2D eigenvalue weighted by atomic mass is 10.1. The van der Waals surface area contributed by atoms with E-state index in [0.29, 0.717) is 13.1 Å². The van der Waals surface area contributed by atoms with E-state index >= 15 is 0 Å². The molecule has 2 aliphatic heterocycles. The molecule has 2 aliphatic rings. The number of benzene rings is 1. The minimum absolute atomic E-state index is 0.0932. The smallest absolute Gasteiger partial charge is 0.253 e. The molecule has 5 rings (SSSR count). The number of amides is 1. The molecule has 0 aliphatic carbocycles. The second-order valence-corrected chi connectivity index (χ2v) is 9.74. The molecule has 0 saturated carbocycles. The Hall–Kier alpha value is -2.97. The number of piperazine rings is 2. The molecule has 0 unspecified atom stereocenters. The summed E-state index contributed by atoms with van der Waals surface area (Å²) in [5.74, 6) is 1.88. The molecule has 7 nitrogen and oxygen atoms in total. The predicted octanol–water partition coefficient (Wildman–Crippen LogP) is 3.23. The molecule has 0 spiro atoms. The number of rotatable bonds is 4. The molecule has 0 bridgehead atoms. The first-order valence-electron chi connectivity index (χ1n) is 11.5. The van der Waals surface area contributed by atoms with Crippen molar-refractivity contribution in [1.82, 2.24) is 19.8 Å². The summed E-state index contributed by atoms with van der Waals surface area (Å²) in [6.45, 7) is 8.93. The lowest BCUT2D eigenvalue weighted by Gasteiger charge is -2.36. The van der Waals surface area contributed by atoms with E-state index in [1.165, 1.54) is 4.88 Å². The van der Waals surface area contributed by atoms with Gasteiger partial charge >= 0.3 is 0 Å². The van der Waals surface area contributed by atoms with E-state index in [4.69, 9.17) is 9.97 Å². The van der Waals surface area contributed by atoms with E-state index in [0.717, 1.165) is 67.9 Å². The van der Waals surface area contributed by atoms with Crippen LogP contribution in [0.5, 0.6) is 0 Å². The molecule has 3 aromatic rings. The first-order chi connectivity index (χ1) is 16.1. The molecular formula is C25H30N6OS. The first-order valence-corrected chi connectivity index (χ1v) is 12.4. The van der Waals surface area contributed by atoms with Crippen LogP contribution in [0.3, 0.4) is 0 Å². The van der Waals surface area contributed by atoms with Gasteiger partial charge < -0.3 is 19.6 Å². The zero-order chi connectivity index (χ0) is 22.8. The molecule has 8 heteroatoms. The molecule has 1 aromatic carbocycles. The minimum atomic E-state index is 0.0932. The van der Waals surface area contributed by atoms with E-state index in [-0.39, 0.29) is 5.91 Å². The van der Waals surface area contributed by atoms with E-state index in [1.807, 2.05) is 42.2 Å². The molecule has 2 aromatic heterocycles. The average molecular weight is 463 g/mol. The highest BCUT2D eigenvalue weighted by molar-refractivity contribution is 7.13. The molecule has 0 radical (unpaired) electrons. The fourth-order valence-corrected chi connectivity index (χ4v) is 5.12. The molecule has 0 atom stereocenters. The highest BCUT2D eigenvalue weighted by Crippen LogP contribution is 2.25. The zero-order valence-corrected chi connectivity index (χ0v) is 20.1. The van der Waals surface area contributed by atoms with Gasteiger partial charge in [-0.3, -0.25) is 4.79 Å². The summed E-state index contributed by atoms with van der Waals surface area (Å²) in [4.78, 5) is 32.7. The normalized spacial score (nSPS) is 17.5. The van der Waals surface area contributed by atoms with Gasteiger partial charge in [0.05, 0.1) is 0 Å². The van der Waals surface area contributed by atoms with E-state index < -0.39 is 0 Å². The number of carbonyl (C=O) groups is 1. The van der Waals surface area contributed by atoms with Crippen molar-refractivity contribution in [2.24, 2.45) is 0 Å². The number of likely N-dealkylation sites (N-methyl/N-ethyl adjacent to an activating group) is 1. The first kappa shape index (κ1) is 21.9. The Balaban J connectivity index is 1.22. The van der Waals surface area contributed by atoms with E-state index in [2.05, 4.69) is 39.3 Å². The van der Waals surface area contributed by atoms with Crippen molar-refractivity contribution in [2.45, 2.75) is 6.92 Å². The standard InChI is InChI=1S/C25H30N6OS/c1-19-18-23(29-11-9-28(2)10-12-29)27-25(26-19)31-15-13-30(14-16-31)24(32)21-7-5-20(6-8-21)22-4-3-17-33-22/h3-8,17-18H,9-16H2,1-2H3. The van der Waals surface area contributed by atoms with Gasteiger partial charge in [-0.25, -0.2) is 4.98 Å². The van der Waals surface area contributed by atoms with Crippen molar-refractivity contribution >= 4 is 29.0 Å². The van der Waals surface area contributed by atoms with Crippen molar-refractivity contribution < 1.29 is 4.79 Å². The lowest BCUT2D eigenvalue weighted by molar-refractivity contribution is 0.0746. The number of aromatic nitrogens is 2. The number of hydrogen-bond donors (Lipinski definition) is 0. The Morgan fingerprint density at radius 1 is 0.879 bits per heavy atom. The fraction of sp³-hybridized carbons (Fsp3) is 0.400. The quantitative estimate of drug-likeness (QED) is 0.594. The highest BCUT2D eigenvalue weighted by Gasteiger charge is 2.25. The van der Waals surface area contributed by atoms with Crippen LogP contribution in [-0.2, 0) is 0 Å². The summed E-state index contributed by atoms with van der Waals surface area (Å²) in [6, 6.07) is 14.2. The number of carbonyl (C=O) groups excluding carboxylic acids is 1. The summed E-state index contributed by atoms with van der Waals surface area (Å²) in [7, 11) is 2.16.